The van der Waals surface area contributed by atoms with Crippen LogP contribution in [0.4, 0.5) is 0 Å². The van der Waals surface area contributed by atoms with Crippen LogP contribution in [-0.2, 0) is 6.54 Å². The summed E-state index contributed by atoms with van der Waals surface area (Å²) >= 11 is 0. The summed E-state index contributed by atoms with van der Waals surface area (Å²) in [5.41, 5.74) is 2.52. The third-order valence-electron chi connectivity index (χ3n) is 3.08. The van der Waals surface area contributed by atoms with Gasteiger partial charge in [-0.1, -0.05) is 17.7 Å². The average Bonchev–Trinajstić information content (AvgIpc) is 2.79. The molecule has 16 heavy (non-hydrogen) atoms. The fraction of sp³-hybridized carbons (Fsp3) is 0.538. The van der Waals surface area contributed by atoms with Crippen molar-refractivity contribution < 1.29 is 4.74 Å². The normalized spacial score (nSPS) is 20.0. The van der Waals surface area contributed by atoms with Gasteiger partial charge in [0, 0.05) is 24.7 Å². The molecule has 0 aliphatic carbocycles. The Morgan fingerprint density at radius 2 is 2.38 bits per heavy atom. The molecule has 3 heteroatoms. The van der Waals surface area contributed by atoms with Crippen LogP contribution in [0, 0.1) is 6.92 Å². The summed E-state index contributed by atoms with van der Waals surface area (Å²) in [6.07, 6.45) is 1.22. The highest BCUT2D eigenvalue weighted by Gasteiger charge is 2.14. The molecule has 88 valence electrons. The second-order valence-electron chi connectivity index (χ2n) is 4.39. The second kappa shape index (κ2) is 5.32. The molecule has 0 bridgehead atoms. The van der Waals surface area contributed by atoms with Gasteiger partial charge in [-0.15, -0.1) is 0 Å². The molecule has 0 aromatic heterocycles. The summed E-state index contributed by atoms with van der Waals surface area (Å²) in [6.45, 7) is 5.20. The number of hydrogen-bond acceptors (Lipinski definition) is 3. The molecule has 1 saturated heterocycles. The molecule has 3 nitrogen and oxygen atoms in total. The molecule has 1 atom stereocenters. The van der Waals surface area contributed by atoms with E-state index in [1.807, 2.05) is 6.07 Å². The molecule has 2 rings (SSSR count). The molecule has 0 amide bonds. The van der Waals surface area contributed by atoms with Crippen molar-refractivity contribution in [2.24, 2.45) is 0 Å². The van der Waals surface area contributed by atoms with E-state index in [1.165, 1.54) is 17.5 Å². The Bertz CT molecular complexity index is 346. The fourth-order valence-electron chi connectivity index (χ4n) is 2.13. The first kappa shape index (κ1) is 11.4. The van der Waals surface area contributed by atoms with E-state index >= 15 is 0 Å². The van der Waals surface area contributed by atoms with Crippen LogP contribution in [0.2, 0.25) is 0 Å². The molecule has 1 aliphatic rings. The van der Waals surface area contributed by atoms with Crippen molar-refractivity contribution in [2.75, 3.05) is 20.2 Å². The Balaban J connectivity index is 1.98. The number of aryl methyl sites for hydroxylation is 1. The maximum Gasteiger partial charge on any atom is 0.123 e. The van der Waals surface area contributed by atoms with Gasteiger partial charge in [0.05, 0.1) is 7.11 Å². The first-order valence-corrected chi connectivity index (χ1v) is 5.87. The van der Waals surface area contributed by atoms with Gasteiger partial charge in [0.15, 0.2) is 0 Å². The van der Waals surface area contributed by atoms with E-state index in [1.54, 1.807) is 7.11 Å². The van der Waals surface area contributed by atoms with Crippen LogP contribution >= 0.6 is 0 Å². The summed E-state index contributed by atoms with van der Waals surface area (Å²) in [7, 11) is 1.73. The van der Waals surface area contributed by atoms with Crippen molar-refractivity contribution in [3.05, 3.63) is 29.3 Å². The lowest BCUT2D eigenvalue weighted by atomic mass is 10.1. The van der Waals surface area contributed by atoms with E-state index < -0.39 is 0 Å². The lowest BCUT2D eigenvalue weighted by Crippen LogP contribution is -2.30. The van der Waals surface area contributed by atoms with Gasteiger partial charge in [0.25, 0.3) is 0 Å². The topological polar surface area (TPSA) is 33.3 Å². The molecule has 1 aliphatic heterocycles. The summed E-state index contributed by atoms with van der Waals surface area (Å²) in [5.74, 6) is 0.976. The SMILES string of the molecule is COc1ccc(C)cc1CNC1CCNC1. The quantitative estimate of drug-likeness (QED) is 0.806. The number of methoxy groups -OCH3 is 1. The maximum absolute atomic E-state index is 5.36. The lowest BCUT2D eigenvalue weighted by Gasteiger charge is -2.14. The molecular formula is C13H20N2O. The van der Waals surface area contributed by atoms with Gasteiger partial charge in [-0.25, -0.2) is 0 Å². The highest BCUT2D eigenvalue weighted by atomic mass is 16.5. The third-order valence-corrected chi connectivity index (χ3v) is 3.08. The zero-order valence-electron chi connectivity index (χ0n) is 10.0. The van der Waals surface area contributed by atoms with E-state index in [0.29, 0.717) is 6.04 Å². The van der Waals surface area contributed by atoms with Crippen molar-refractivity contribution in [3.63, 3.8) is 0 Å². The first-order valence-electron chi connectivity index (χ1n) is 5.87. The van der Waals surface area contributed by atoms with Crippen molar-refractivity contribution in [3.8, 4) is 5.75 Å². The molecule has 0 radical (unpaired) electrons. The van der Waals surface area contributed by atoms with Crippen LogP contribution in [0.1, 0.15) is 17.5 Å². The van der Waals surface area contributed by atoms with E-state index in [4.69, 9.17) is 4.74 Å². The van der Waals surface area contributed by atoms with Crippen LogP contribution in [0.5, 0.6) is 5.75 Å². The Kier molecular flexibility index (Phi) is 3.80. The molecule has 1 heterocycles. The van der Waals surface area contributed by atoms with E-state index in [0.717, 1.165) is 25.4 Å². The van der Waals surface area contributed by atoms with Gasteiger partial charge in [-0.2, -0.15) is 0 Å². The van der Waals surface area contributed by atoms with E-state index in [2.05, 4.69) is 29.7 Å². The van der Waals surface area contributed by atoms with Gasteiger partial charge in [-0.05, 0) is 26.0 Å². The zero-order valence-corrected chi connectivity index (χ0v) is 10.0. The Hall–Kier alpha value is -1.06. The zero-order chi connectivity index (χ0) is 11.4. The largest absolute Gasteiger partial charge is 0.496 e. The van der Waals surface area contributed by atoms with Crippen LogP contribution < -0.4 is 15.4 Å². The van der Waals surface area contributed by atoms with Gasteiger partial charge >= 0.3 is 0 Å². The number of ether oxygens (including phenoxy) is 1. The lowest BCUT2D eigenvalue weighted by molar-refractivity contribution is 0.405. The van der Waals surface area contributed by atoms with Crippen LogP contribution in [-0.4, -0.2) is 26.2 Å². The molecular weight excluding hydrogens is 200 g/mol. The summed E-state index contributed by atoms with van der Waals surface area (Å²) in [4.78, 5) is 0. The van der Waals surface area contributed by atoms with Gasteiger partial charge < -0.3 is 15.4 Å². The fourth-order valence-corrected chi connectivity index (χ4v) is 2.13. The molecule has 1 aromatic carbocycles. The molecule has 1 fully saturated rings. The maximum atomic E-state index is 5.36. The van der Waals surface area contributed by atoms with Crippen molar-refractivity contribution >= 4 is 0 Å². The summed E-state index contributed by atoms with van der Waals surface area (Å²) < 4.78 is 5.36. The number of benzene rings is 1. The van der Waals surface area contributed by atoms with Crippen molar-refractivity contribution in [1.82, 2.24) is 10.6 Å². The minimum atomic E-state index is 0.602. The number of hydrogen-bond donors (Lipinski definition) is 2. The standard InChI is InChI=1S/C13H20N2O/c1-10-3-4-13(16-2)11(7-10)8-15-12-5-6-14-9-12/h3-4,7,12,14-15H,5-6,8-9H2,1-2H3. The number of nitrogens with one attached hydrogen (secondary N) is 2. The minimum Gasteiger partial charge on any atom is -0.496 e. The molecule has 1 aromatic rings. The van der Waals surface area contributed by atoms with E-state index in [-0.39, 0.29) is 0 Å². The number of rotatable bonds is 4. The minimum absolute atomic E-state index is 0.602. The molecule has 1 unspecified atom stereocenters. The highest BCUT2D eigenvalue weighted by Crippen LogP contribution is 2.19. The van der Waals surface area contributed by atoms with Gasteiger partial charge in [0.2, 0.25) is 0 Å². The predicted molar refractivity (Wildman–Crippen MR) is 65.8 cm³/mol. The Morgan fingerprint density at radius 3 is 3.06 bits per heavy atom. The Labute approximate surface area is 97.2 Å². The molecule has 0 saturated carbocycles. The Morgan fingerprint density at radius 1 is 1.50 bits per heavy atom. The van der Waals surface area contributed by atoms with E-state index in [9.17, 15) is 0 Å². The van der Waals surface area contributed by atoms with Crippen molar-refractivity contribution in [2.45, 2.75) is 25.9 Å². The highest BCUT2D eigenvalue weighted by molar-refractivity contribution is 5.36. The summed E-state index contributed by atoms with van der Waals surface area (Å²) in [5, 5.41) is 6.91. The third kappa shape index (κ3) is 2.74. The summed E-state index contributed by atoms with van der Waals surface area (Å²) in [6, 6.07) is 6.91. The van der Waals surface area contributed by atoms with Crippen molar-refractivity contribution in [1.29, 1.82) is 0 Å². The smallest absolute Gasteiger partial charge is 0.123 e. The monoisotopic (exact) mass is 220 g/mol. The van der Waals surface area contributed by atoms with Gasteiger partial charge in [-0.3, -0.25) is 0 Å². The predicted octanol–water partition coefficient (Wildman–Crippen LogP) is 1.46. The van der Waals surface area contributed by atoms with Crippen LogP contribution in [0.3, 0.4) is 0 Å². The first-order chi connectivity index (χ1) is 7.79. The molecule has 2 N–H and O–H groups in total. The van der Waals surface area contributed by atoms with Crippen LogP contribution in [0.25, 0.3) is 0 Å². The average molecular weight is 220 g/mol. The van der Waals surface area contributed by atoms with Crippen LogP contribution in [0.15, 0.2) is 18.2 Å². The van der Waals surface area contributed by atoms with Gasteiger partial charge in [0.1, 0.15) is 5.75 Å². The molecule has 0 spiro atoms. The second-order valence-corrected chi connectivity index (χ2v) is 4.39.